The molecule has 1 aliphatic heterocycles. The summed E-state index contributed by atoms with van der Waals surface area (Å²) in [5.41, 5.74) is -1.46. The van der Waals surface area contributed by atoms with Crippen molar-refractivity contribution in [1.82, 2.24) is 5.32 Å². The van der Waals surface area contributed by atoms with Gasteiger partial charge in [0.1, 0.15) is 5.82 Å². The quantitative estimate of drug-likeness (QED) is 0.794. The van der Waals surface area contributed by atoms with Crippen LogP contribution in [0.4, 0.5) is 18.0 Å². The van der Waals surface area contributed by atoms with Gasteiger partial charge in [0.05, 0.1) is 11.2 Å². The Labute approximate surface area is 144 Å². The Morgan fingerprint density at radius 2 is 1.80 bits per heavy atom. The molecule has 1 heterocycles. The fourth-order valence-electron chi connectivity index (χ4n) is 2.54. The fraction of sp³-hybridized carbons (Fsp3) is 0.562. The van der Waals surface area contributed by atoms with Crippen molar-refractivity contribution in [1.29, 1.82) is 0 Å². The van der Waals surface area contributed by atoms with E-state index in [4.69, 9.17) is 14.4 Å². The summed E-state index contributed by atoms with van der Waals surface area (Å²) < 4.78 is 52.2. The predicted molar refractivity (Wildman–Crippen MR) is 86.7 cm³/mol. The van der Waals surface area contributed by atoms with E-state index in [1.165, 1.54) is 12.1 Å². The van der Waals surface area contributed by atoms with E-state index in [0.29, 0.717) is 0 Å². The molecule has 25 heavy (non-hydrogen) atoms. The highest BCUT2D eigenvalue weighted by atomic mass is 19.3. The molecule has 0 unspecified atom stereocenters. The number of benzene rings is 1. The van der Waals surface area contributed by atoms with Crippen LogP contribution in [0.2, 0.25) is 0 Å². The minimum Gasteiger partial charge on any atom is -0.465 e. The Hall–Kier alpha value is -1.74. The molecule has 5 nitrogen and oxygen atoms in total. The molecule has 0 bridgehead atoms. The van der Waals surface area contributed by atoms with Gasteiger partial charge < -0.3 is 19.7 Å². The predicted octanol–water partition coefficient (Wildman–Crippen LogP) is 2.70. The maximum absolute atomic E-state index is 14.9. The van der Waals surface area contributed by atoms with E-state index in [1.807, 2.05) is 0 Å². The van der Waals surface area contributed by atoms with Crippen LogP contribution >= 0.6 is 0 Å². The molecule has 9 heteroatoms. The molecule has 138 valence electrons. The van der Waals surface area contributed by atoms with Gasteiger partial charge in [-0.1, -0.05) is 12.1 Å². The van der Waals surface area contributed by atoms with E-state index in [0.717, 1.165) is 0 Å². The van der Waals surface area contributed by atoms with Crippen LogP contribution in [0.3, 0.4) is 0 Å². The molecule has 0 aromatic heterocycles. The van der Waals surface area contributed by atoms with E-state index in [-0.39, 0.29) is 23.1 Å². The number of amides is 1. The van der Waals surface area contributed by atoms with E-state index in [1.54, 1.807) is 27.7 Å². The van der Waals surface area contributed by atoms with Gasteiger partial charge in [-0.15, -0.1) is 0 Å². The monoisotopic (exact) mass is 359 g/mol. The van der Waals surface area contributed by atoms with Crippen molar-refractivity contribution in [2.45, 2.75) is 58.3 Å². The lowest BCUT2D eigenvalue weighted by Crippen LogP contribution is -2.41. The van der Waals surface area contributed by atoms with Gasteiger partial charge in [0.15, 0.2) is 0 Å². The molecular formula is C16H21BF3NO4. The molecule has 0 spiro atoms. The van der Waals surface area contributed by atoms with Crippen LogP contribution in [0.25, 0.3) is 0 Å². The summed E-state index contributed by atoms with van der Waals surface area (Å²) in [4.78, 5) is 10.6. The van der Waals surface area contributed by atoms with E-state index in [2.05, 4.69) is 5.32 Å². The zero-order valence-corrected chi connectivity index (χ0v) is 14.5. The molecule has 0 atom stereocenters. The fourth-order valence-corrected chi connectivity index (χ4v) is 2.54. The summed E-state index contributed by atoms with van der Waals surface area (Å²) in [6.45, 7) is 6.94. The number of nitrogens with one attached hydrogen (secondary N) is 1. The molecule has 2 N–H and O–H groups in total. The molecule has 1 fully saturated rings. The van der Waals surface area contributed by atoms with Crippen molar-refractivity contribution in [3.63, 3.8) is 0 Å². The SMILES string of the molecule is CC1(C)OB(c2ccc(CNC(=O)O)c(CC(F)F)c2F)OC1(C)C. The van der Waals surface area contributed by atoms with Crippen molar-refractivity contribution in [3.8, 4) is 0 Å². The van der Waals surface area contributed by atoms with Crippen molar-refractivity contribution in [2.75, 3.05) is 0 Å². The summed E-state index contributed by atoms with van der Waals surface area (Å²) >= 11 is 0. The van der Waals surface area contributed by atoms with Gasteiger partial charge in [0.25, 0.3) is 0 Å². The summed E-state index contributed by atoms with van der Waals surface area (Å²) in [5, 5.41) is 10.7. The van der Waals surface area contributed by atoms with Crippen LogP contribution in [-0.2, 0) is 22.3 Å². The van der Waals surface area contributed by atoms with Gasteiger partial charge in [-0.2, -0.15) is 0 Å². The zero-order valence-electron chi connectivity index (χ0n) is 14.5. The normalized spacial score (nSPS) is 18.6. The number of rotatable bonds is 5. The molecule has 1 aromatic rings. The van der Waals surface area contributed by atoms with Gasteiger partial charge in [-0.25, -0.2) is 18.0 Å². The first-order valence-electron chi connectivity index (χ1n) is 7.85. The van der Waals surface area contributed by atoms with Crippen molar-refractivity contribution >= 4 is 18.7 Å². The van der Waals surface area contributed by atoms with Crippen molar-refractivity contribution < 1.29 is 32.4 Å². The van der Waals surface area contributed by atoms with Crippen LogP contribution in [0.15, 0.2) is 12.1 Å². The highest BCUT2D eigenvalue weighted by Crippen LogP contribution is 2.37. The Morgan fingerprint density at radius 3 is 2.28 bits per heavy atom. The molecule has 1 aliphatic rings. The Balaban J connectivity index is 2.39. The maximum atomic E-state index is 14.9. The number of carbonyl (C=O) groups is 1. The third-order valence-electron chi connectivity index (χ3n) is 4.67. The molecule has 1 saturated heterocycles. The number of halogens is 3. The molecule has 2 rings (SSSR count). The van der Waals surface area contributed by atoms with Crippen LogP contribution in [0, 0.1) is 5.82 Å². The molecule has 1 amide bonds. The second kappa shape index (κ2) is 6.88. The van der Waals surface area contributed by atoms with Crippen LogP contribution in [0.1, 0.15) is 38.8 Å². The first-order chi connectivity index (χ1) is 11.4. The van der Waals surface area contributed by atoms with E-state index in [9.17, 15) is 18.0 Å². The molecule has 0 saturated carbocycles. The Bertz CT molecular complexity index is 651. The van der Waals surface area contributed by atoms with Crippen molar-refractivity contribution in [3.05, 3.63) is 29.1 Å². The van der Waals surface area contributed by atoms with Gasteiger partial charge >= 0.3 is 13.2 Å². The summed E-state index contributed by atoms with van der Waals surface area (Å²) in [6.07, 6.45) is -4.92. The molecule has 1 aromatic carbocycles. The second-order valence-corrected chi connectivity index (χ2v) is 6.95. The summed E-state index contributed by atoms with van der Waals surface area (Å²) in [5.74, 6) is -0.858. The Kier molecular flexibility index (Phi) is 5.39. The van der Waals surface area contributed by atoms with E-state index < -0.39 is 43.1 Å². The average molecular weight is 359 g/mol. The summed E-state index contributed by atoms with van der Waals surface area (Å²) in [6, 6.07) is 2.79. The summed E-state index contributed by atoms with van der Waals surface area (Å²) in [7, 11) is -1.03. The van der Waals surface area contributed by atoms with Crippen LogP contribution in [0.5, 0.6) is 0 Å². The van der Waals surface area contributed by atoms with Crippen LogP contribution in [-0.4, -0.2) is 35.9 Å². The van der Waals surface area contributed by atoms with Gasteiger partial charge in [0, 0.05) is 18.4 Å². The largest absolute Gasteiger partial charge is 0.497 e. The lowest BCUT2D eigenvalue weighted by molar-refractivity contribution is 0.00578. The van der Waals surface area contributed by atoms with E-state index >= 15 is 0 Å². The maximum Gasteiger partial charge on any atom is 0.497 e. The average Bonchev–Trinajstić information content (AvgIpc) is 2.67. The highest BCUT2D eigenvalue weighted by molar-refractivity contribution is 6.62. The number of hydrogen-bond acceptors (Lipinski definition) is 3. The standard InChI is InChI=1S/C16H21BF3NO4/c1-15(2)16(3,4)25-17(24-15)11-6-5-9(8-21-14(22)23)10(13(11)20)7-12(18)19/h5-6,12,21H,7-8H2,1-4H3,(H,22,23). The minimum absolute atomic E-state index is 0.0216. The van der Waals surface area contributed by atoms with Gasteiger partial charge in [-0.3, -0.25) is 0 Å². The lowest BCUT2D eigenvalue weighted by atomic mass is 9.76. The first kappa shape index (κ1) is 19.6. The topological polar surface area (TPSA) is 67.8 Å². The lowest BCUT2D eigenvalue weighted by Gasteiger charge is -2.32. The number of alkyl halides is 2. The van der Waals surface area contributed by atoms with Gasteiger partial charge in [0.2, 0.25) is 6.43 Å². The third-order valence-corrected chi connectivity index (χ3v) is 4.67. The van der Waals surface area contributed by atoms with Crippen molar-refractivity contribution in [2.24, 2.45) is 0 Å². The molecule has 0 aliphatic carbocycles. The number of hydrogen-bond donors (Lipinski definition) is 2. The first-order valence-corrected chi connectivity index (χ1v) is 7.85. The molecular weight excluding hydrogens is 338 g/mol. The zero-order chi connectivity index (χ0) is 19.0. The minimum atomic E-state index is -2.77. The second-order valence-electron chi connectivity index (χ2n) is 6.95. The smallest absolute Gasteiger partial charge is 0.465 e. The van der Waals surface area contributed by atoms with Gasteiger partial charge in [-0.05, 0) is 38.8 Å². The molecule has 0 radical (unpaired) electrons. The third kappa shape index (κ3) is 4.09. The highest BCUT2D eigenvalue weighted by Gasteiger charge is 2.52. The Morgan fingerprint density at radius 1 is 1.24 bits per heavy atom. The van der Waals surface area contributed by atoms with Crippen LogP contribution < -0.4 is 10.8 Å². The number of carboxylic acid groups (broad SMARTS) is 1.